The number of aryl methyl sites for hydroxylation is 2. The van der Waals surface area contributed by atoms with Gasteiger partial charge in [-0.25, -0.2) is 4.98 Å². The fourth-order valence-electron chi connectivity index (χ4n) is 3.09. The lowest BCUT2D eigenvalue weighted by Crippen LogP contribution is -2.41. The number of aromatic nitrogens is 4. The molecule has 1 aliphatic rings. The molecule has 1 atom stereocenters. The molecule has 0 spiro atoms. The highest BCUT2D eigenvalue weighted by molar-refractivity contribution is 6.30. The van der Waals surface area contributed by atoms with Crippen molar-refractivity contribution in [2.75, 3.05) is 13.1 Å². The summed E-state index contributed by atoms with van der Waals surface area (Å²) in [4.78, 5) is 19.0. The summed E-state index contributed by atoms with van der Waals surface area (Å²) in [7, 11) is 2.02. The van der Waals surface area contributed by atoms with Crippen molar-refractivity contribution in [3.63, 3.8) is 0 Å². The van der Waals surface area contributed by atoms with Crippen molar-refractivity contribution in [3.05, 3.63) is 35.1 Å². The van der Waals surface area contributed by atoms with E-state index < -0.39 is 0 Å². The second-order valence-corrected chi connectivity index (χ2v) is 6.32. The van der Waals surface area contributed by atoms with Crippen LogP contribution in [0.1, 0.15) is 30.3 Å². The van der Waals surface area contributed by atoms with E-state index in [1.54, 1.807) is 17.1 Å². The number of hydrogen-bond donors (Lipinski definition) is 0. The molecule has 3 heterocycles. The predicted octanol–water partition coefficient (Wildman–Crippen LogP) is 1.98. The van der Waals surface area contributed by atoms with Crippen molar-refractivity contribution in [2.45, 2.75) is 32.2 Å². The first-order chi connectivity index (χ1) is 10.5. The van der Waals surface area contributed by atoms with Crippen LogP contribution in [0.25, 0.3) is 0 Å². The fraction of sp³-hybridized carbons (Fsp3) is 0.533. The first-order valence-corrected chi connectivity index (χ1v) is 7.86. The van der Waals surface area contributed by atoms with Gasteiger partial charge in [0.05, 0.1) is 16.9 Å². The highest BCUT2D eigenvalue weighted by atomic mass is 35.5. The Morgan fingerprint density at radius 3 is 2.91 bits per heavy atom. The van der Waals surface area contributed by atoms with E-state index in [4.69, 9.17) is 11.6 Å². The minimum Gasteiger partial charge on any atom is -0.340 e. The molecule has 1 amide bonds. The van der Waals surface area contributed by atoms with E-state index in [1.165, 1.54) is 0 Å². The summed E-state index contributed by atoms with van der Waals surface area (Å²) in [5.74, 6) is 1.45. The monoisotopic (exact) mass is 321 g/mol. The third-order valence-corrected chi connectivity index (χ3v) is 4.27. The molecular weight excluding hydrogens is 302 g/mol. The lowest BCUT2D eigenvalue weighted by atomic mass is 9.97. The Kier molecular flexibility index (Phi) is 4.20. The third kappa shape index (κ3) is 3.16. The number of amides is 1. The van der Waals surface area contributed by atoms with Crippen molar-refractivity contribution < 1.29 is 4.79 Å². The molecule has 7 heteroatoms. The summed E-state index contributed by atoms with van der Waals surface area (Å²) in [5.41, 5.74) is 1.02. The maximum atomic E-state index is 12.4. The van der Waals surface area contributed by atoms with E-state index in [9.17, 15) is 4.79 Å². The number of piperidine rings is 1. The minimum atomic E-state index is 0.0791. The van der Waals surface area contributed by atoms with Crippen molar-refractivity contribution >= 4 is 17.5 Å². The zero-order chi connectivity index (χ0) is 15.7. The second-order valence-electron chi connectivity index (χ2n) is 5.89. The number of rotatable bonds is 3. The van der Waals surface area contributed by atoms with E-state index in [2.05, 4.69) is 14.6 Å². The molecule has 3 rings (SSSR count). The van der Waals surface area contributed by atoms with Gasteiger partial charge in [0, 0.05) is 38.4 Å². The summed E-state index contributed by atoms with van der Waals surface area (Å²) in [6.07, 6.45) is 7.32. The Labute approximate surface area is 134 Å². The molecule has 6 nitrogen and oxygen atoms in total. The van der Waals surface area contributed by atoms with Crippen LogP contribution < -0.4 is 0 Å². The second kappa shape index (κ2) is 6.12. The number of carbonyl (C=O) groups excluding carboxylic acids is 1. The molecule has 1 aliphatic heterocycles. The number of nitrogens with zero attached hydrogens (tertiary/aromatic N) is 5. The van der Waals surface area contributed by atoms with Gasteiger partial charge in [-0.05, 0) is 19.8 Å². The number of likely N-dealkylation sites (tertiary alicyclic amines) is 1. The fourth-order valence-corrected chi connectivity index (χ4v) is 3.25. The van der Waals surface area contributed by atoms with Gasteiger partial charge in [0.1, 0.15) is 12.4 Å². The first kappa shape index (κ1) is 15.1. The molecule has 1 fully saturated rings. The average Bonchev–Trinajstić information content (AvgIpc) is 3.04. The maximum absolute atomic E-state index is 12.4. The SMILES string of the molecule is Cc1cn(C)c([C@H]2CCCN(C(=O)Cn3cc(Cl)cn3)C2)n1. The largest absolute Gasteiger partial charge is 0.340 e. The van der Waals surface area contributed by atoms with E-state index in [-0.39, 0.29) is 12.5 Å². The van der Waals surface area contributed by atoms with Crippen LogP contribution in [-0.2, 0) is 18.4 Å². The third-order valence-electron chi connectivity index (χ3n) is 4.07. The van der Waals surface area contributed by atoms with E-state index in [0.29, 0.717) is 10.9 Å². The quantitative estimate of drug-likeness (QED) is 0.868. The lowest BCUT2D eigenvalue weighted by molar-refractivity contribution is -0.133. The van der Waals surface area contributed by atoms with Gasteiger partial charge in [-0.1, -0.05) is 11.6 Å². The van der Waals surface area contributed by atoms with Crippen LogP contribution >= 0.6 is 11.6 Å². The van der Waals surface area contributed by atoms with Crippen LogP contribution in [0.2, 0.25) is 5.02 Å². The van der Waals surface area contributed by atoms with Crippen LogP contribution in [0.4, 0.5) is 0 Å². The predicted molar refractivity (Wildman–Crippen MR) is 83.7 cm³/mol. The lowest BCUT2D eigenvalue weighted by Gasteiger charge is -2.32. The Morgan fingerprint density at radius 1 is 1.45 bits per heavy atom. The van der Waals surface area contributed by atoms with Gasteiger partial charge in [-0.15, -0.1) is 0 Å². The normalized spacial score (nSPS) is 18.7. The summed E-state index contributed by atoms with van der Waals surface area (Å²) >= 11 is 5.83. The molecule has 0 N–H and O–H groups in total. The molecular formula is C15H20ClN5O. The van der Waals surface area contributed by atoms with Crippen LogP contribution in [0.15, 0.2) is 18.6 Å². The Balaban J connectivity index is 1.67. The van der Waals surface area contributed by atoms with Gasteiger partial charge in [0.2, 0.25) is 5.91 Å². The Hall–Kier alpha value is -1.82. The van der Waals surface area contributed by atoms with Gasteiger partial charge in [0.15, 0.2) is 0 Å². The van der Waals surface area contributed by atoms with Gasteiger partial charge in [-0.3, -0.25) is 9.48 Å². The van der Waals surface area contributed by atoms with Crippen molar-refractivity contribution in [2.24, 2.45) is 7.05 Å². The molecule has 0 bridgehead atoms. The van der Waals surface area contributed by atoms with Crippen LogP contribution in [0.5, 0.6) is 0 Å². The zero-order valence-corrected chi connectivity index (χ0v) is 13.6. The Bertz CT molecular complexity index is 677. The van der Waals surface area contributed by atoms with Gasteiger partial charge in [-0.2, -0.15) is 5.10 Å². The summed E-state index contributed by atoms with van der Waals surface area (Å²) in [6, 6.07) is 0. The summed E-state index contributed by atoms with van der Waals surface area (Å²) < 4.78 is 3.65. The van der Waals surface area contributed by atoms with Crippen LogP contribution in [0.3, 0.4) is 0 Å². The van der Waals surface area contributed by atoms with Crippen molar-refractivity contribution in [1.82, 2.24) is 24.2 Å². The smallest absolute Gasteiger partial charge is 0.244 e. The van der Waals surface area contributed by atoms with E-state index in [0.717, 1.165) is 37.4 Å². The number of imidazole rings is 1. The summed E-state index contributed by atoms with van der Waals surface area (Å²) in [5, 5.41) is 4.61. The topological polar surface area (TPSA) is 56.0 Å². The number of carbonyl (C=O) groups is 1. The van der Waals surface area contributed by atoms with E-state index >= 15 is 0 Å². The van der Waals surface area contributed by atoms with Gasteiger partial charge in [0.25, 0.3) is 0 Å². The molecule has 1 saturated heterocycles. The molecule has 0 saturated carbocycles. The molecule has 118 valence electrons. The van der Waals surface area contributed by atoms with Crippen LogP contribution in [-0.4, -0.2) is 43.2 Å². The standard InChI is InChI=1S/C15H20ClN5O/c1-11-7-19(2)15(18-11)12-4-3-5-20(8-12)14(22)10-21-9-13(16)6-17-21/h6-7,9,12H,3-5,8,10H2,1-2H3/t12-/m0/s1. The molecule has 0 aliphatic carbocycles. The number of hydrogen-bond acceptors (Lipinski definition) is 3. The Morgan fingerprint density at radius 2 is 2.27 bits per heavy atom. The van der Waals surface area contributed by atoms with E-state index in [1.807, 2.05) is 25.1 Å². The molecule has 2 aromatic rings. The van der Waals surface area contributed by atoms with Crippen LogP contribution in [0, 0.1) is 6.92 Å². The van der Waals surface area contributed by atoms with Gasteiger partial charge >= 0.3 is 0 Å². The first-order valence-electron chi connectivity index (χ1n) is 7.48. The molecule has 2 aromatic heterocycles. The highest BCUT2D eigenvalue weighted by Crippen LogP contribution is 2.26. The minimum absolute atomic E-state index is 0.0791. The van der Waals surface area contributed by atoms with Crippen molar-refractivity contribution in [3.8, 4) is 0 Å². The molecule has 0 aromatic carbocycles. The number of halogens is 1. The summed E-state index contributed by atoms with van der Waals surface area (Å²) in [6.45, 7) is 3.75. The molecule has 0 unspecified atom stereocenters. The van der Waals surface area contributed by atoms with Crippen molar-refractivity contribution in [1.29, 1.82) is 0 Å². The average molecular weight is 322 g/mol. The highest BCUT2D eigenvalue weighted by Gasteiger charge is 2.27. The maximum Gasteiger partial charge on any atom is 0.244 e. The molecule has 22 heavy (non-hydrogen) atoms. The zero-order valence-electron chi connectivity index (χ0n) is 12.9. The molecule has 0 radical (unpaired) electrons. The van der Waals surface area contributed by atoms with Gasteiger partial charge < -0.3 is 9.47 Å².